The molecule has 5 nitrogen and oxygen atoms in total. The first-order valence-corrected chi connectivity index (χ1v) is 9.95. The van der Waals surface area contributed by atoms with E-state index < -0.39 is 32.5 Å². The van der Waals surface area contributed by atoms with Crippen LogP contribution in [0.4, 0.5) is 8.78 Å². The van der Waals surface area contributed by atoms with Gasteiger partial charge in [0.15, 0.2) is 0 Å². The van der Waals surface area contributed by atoms with E-state index in [2.05, 4.69) is 6.92 Å². The Kier molecular flexibility index (Phi) is 4.90. The molecule has 2 N–H and O–H groups in total. The summed E-state index contributed by atoms with van der Waals surface area (Å²) in [4.78, 5) is 14.6. The Labute approximate surface area is 148 Å². The number of aryl methyl sites for hydroxylation is 1. The number of rotatable bonds is 4. The number of hydrogen-bond acceptors (Lipinski definition) is 4. The number of thiophene rings is 1. The van der Waals surface area contributed by atoms with Crippen LogP contribution in [0.3, 0.4) is 0 Å². The number of carbonyl (C=O) groups is 1. The van der Waals surface area contributed by atoms with E-state index >= 15 is 0 Å². The first-order valence-electron chi connectivity index (χ1n) is 7.65. The minimum atomic E-state index is -4.42. The van der Waals surface area contributed by atoms with Crippen molar-refractivity contribution >= 4 is 27.3 Å². The number of hydrazine groups is 1. The molecule has 1 aromatic heterocycles. The lowest BCUT2D eigenvalue weighted by atomic mass is 9.90. The Hall–Kier alpha value is -1.84. The van der Waals surface area contributed by atoms with Gasteiger partial charge in [-0.1, -0.05) is 6.92 Å². The third kappa shape index (κ3) is 3.88. The molecule has 1 amide bonds. The molecule has 0 saturated heterocycles. The molecule has 0 saturated carbocycles. The number of halogens is 2. The zero-order valence-corrected chi connectivity index (χ0v) is 14.9. The van der Waals surface area contributed by atoms with Gasteiger partial charge >= 0.3 is 0 Å². The van der Waals surface area contributed by atoms with Crippen LogP contribution in [0.2, 0.25) is 0 Å². The normalized spacial score (nSPS) is 17.2. The average Bonchev–Trinajstić information content (AvgIpc) is 2.98. The molecule has 1 atom stereocenters. The minimum Gasteiger partial charge on any atom is -0.273 e. The second-order valence-corrected chi connectivity index (χ2v) is 8.83. The maximum absolute atomic E-state index is 13.6. The third-order valence-electron chi connectivity index (χ3n) is 4.03. The molecule has 0 fully saturated rings. The number of hydrogen-bond donors (Lipinski definition) is 2. The summed E-state index contributed by atoms with van der Waals surface area (Å²) >= 11 is 1.32. The predicted octanol–water partition coefficient (Wildman–Crippen LogP) is 2.77. The van der Waals surface area contributed by atoms with Gasteiger partial charge < -0.3 is 0 Å². The second kappa shape index (κ2) is 6.81. The van der Waals surface area contributed by atoms with E-state index in [9.17, 15) is 22.0 Å². The summed E-state index contributed by atoms with van der Waals surface area (Å²) in [6, 6.07) is 3.82. The Bertz CT molecular complexity index is 925. The van der Waals surface area contributed by atoms with Crippen molar-refractivity contribution in [3.63, 3.8) is 0 Å². The number of carbonyl (C=O) groups excluding carboxylic acids is 1. The van der Waals surface area contributed by atoms with E-state index in [0.29, 0.717) is 22.9 Å². The molecule has 1 aromatic carbocycles. The first kappa shape index (κ1) is 18.0. The van der Waals surface area contributed by atoms with Gasteiger partial charge in [0.05, 0.1) is 4.88 Å². The van der Waals surface area contributed by atoms with Crippen molar-refractivity contribution in [1.82, 2.24) is 10.3 Å². The minimum absolute atomic E-state index is 0.376. The second-order valence-electron chi connectivity index (χ2n) is 6.04. The van der Waals surface area contributed by atoms with Crippen LogP contribution in [-0.2, 0) is 22.9 Å². The molecule has 3 rings (SSSR count). The number of benzene rings is 1. The van der Waals surface area contributed by atoms with E-state index in [-0.39, 0.29) is 0 Å². The van der Waals surface area contributed by atoms with E-state index in [0.717, 1.165) is 35.8 Å². The standard InChI is InChI=1S/C16H16F2N2O3S2/c1-9-2-5-13-10(6-9)7-14(24-13)16(21)19-20-25(22,23)15-8-11(17)3-4-12(15)18/h3-4,7-9,20H,2,5-6H2,1H3,(H,19,21). The molecule has 0 spiro atoms. The summed E-state index contributed by atoms with van der Waals surface area (Å²) in [5.74, 6) is -2.09. The Morgan fingerprint density at radius 2 is 2.04 bits per heavy atom. The summed E-state index contributed by atoms with van der Waals surface area (Å²) < 4.78 is 50.9. The van der Waals surface area contributed by atoms with Crippen molar-refractivity contribution in [2.24, 2.45) is 5.92 Å². The zero-order valence-electron chi connectivity index (χ0n) is 13.3. The molecule has 1 unspecified atom stereocenters. The topological polar surface area (TPSA) is 75.3 Å². The van der Waals surface area contributed by atoms with Crippen LogP contribution in [0.5, 0.6) is 0 Å². The average molecular weight is 386 g/mol. The number of fused-ring (bicyclic) bond motifs is 1. The lowest BCUT2D eigenvalue weighted by Gasteiger charge is -2.16. The molecule has 9 heteroatoms. The van der Waals surface area contributed by atoms with Gasteiger partial charge in [-0.3, -0.25) is 10.2 Å². The monoisotopic (exact) mass is 386 g/mol. The Morgan fingerprint density at radius 1 is 1.28 bits per heavy atom. The molecule has 1 aliphatic rings. The third-order valence-corrected chi connectivity index (χ3v) is 6.53. The fourth-order valence-corrected chi connectivity index (χ4v) is 4.76. The fraction of sp³-hybridized carbons (Fsp3) is 0.312. The summed E-state index contributed by atoms with van der Waals surface area (Å²) in [7, 11) is -4.42. The highest BCUT2D eigenvalue weighted by Crippen LogP contribution is 2.32. The fourth-order valence-electron chi connectivity index (χ4n) is 2.73. The summed E-state index contributed by atoms with van der Waals surface area (Å²) in [5, 5.41) is 0. The number of amides is 1. The van der Waals surface area contributed by atoms with Gasteiger partial charge in [0.2, 0.25) is 0 Å². The van der Waals surface area contributed by atoms with Crippen molar-refractivity contribution in [2.45, 2.75) is 31.1 Å². The Balaban J connectivity index is 1.73. The quantitative estimate of drug-likeness (QED) is 0.794. The molecule has 2 aromatic rings. The van der Waals surface area contributed by atoms with Crippen LogP contribution in [0.25, 0.3) is 0 Å². The van der Waals surface area contributed by atoms with Crippen LogP contribution in [0, 0.1) is 17.6 Å². The van der Waals surface area contributed by atoms with Crippen molar-refractivity contribution in [1.29, 1.82) is 0 Å². The highest BCUT2D eigenvalue weighted by atomic mass is 32.2. The molecule has 0 bridgehead atoms. The van der Waals surface area contributed by atoms with E-state index in [1.54, 1.807) is 10.9 Å². The smallest absolute Gasteiger partial charge is 0.273 e. The van der Waals surface area contributed by atoms with Crippen molar-refractivity contribution < 1.29 is 22.0 Å². The van der Waals surface area contributed by atoms with Crippen LogP contribution in [-0.4, -0.2) is 14.3 Å². The van der Waals surface area contributed by atoms with Crippen molar-refractivity contribution in [2.75, 3.05) is 0 Å². The number of sulfonamides is 1. The summed E-state index contributed by atoms with van der Waals surface area (Å²) in [6.45, 7) is 2.14. The lowest BCUT2D eigenvalue weighted by Crippen LogP contribution is -2.41. The largest absolute Gasteiger partial charge is 0.276 e. The van der Waals surface area contributed by atoms with E-state index in [1.165, 1.54) is 11.3 Å². The highest BCUT2D eigenvalue weighted by molar-refractivity contribution is 7.89. The molecule has 134 valence electrons. The SMILES string of the molecule is CC1CCc2sc(C(=O)NNS(=O)(=O)c3cc(F)ccc3F)cc2C1. The highest BCUT2D eigenvalue weighted by Gasteiger charge is 2.23. The molecular formula is C16H16F2N2O3S2. The van der Waals surface area contributed by atoms with Crippen molar-refractivity contribution in [3.05, 3.63) is 51.2 Å². The van der Waals surface area contributed by atoms with Crippen LogP contribution >= 0.6 is 11.3 Å². The van der Waals surface area contributed by atoms with Crippen LogP contribution in [0.1, 0.15) is 33.5 Å². The first-order chi connectivity index (χ1) is 11.8. The van der Waals surface area contributed by atoms with Gasteiger partial charge in [0, 0.05) is 4.88 Å². The van der Waals surface area contributed by atoms with Crippen LogP contribution in [0.15, 0.2) is 29.2 Å². The van der Waals surface area contributed by atoms with Crippen LogP contribution < -0.4 is 10.3 Å². The van der Waals surface area contributed by atoms with Gasteiger partial charge in [-0.15, -0.1) is 16.2 Å². The van der Waals surface area contributed by atoms with E-state index in [1.807, 2.05) is 5.43 Å². The molecule has 1 heterocycles. The van der Waals surface area contributed by atoms with Gasteiger partial charge in [-0.25, -0.2) is 17.2 Å². The van der Waals surface area contributed by atoms with Gasteiger partial charge in [0.1, 0.15) is 16.5 Å². The molecule has 0 radical (unpaired) electrons. The summed E-state index contributed by atoms with van der Waals surface area (Å²) in [6.07, 6.45) is 2.84. The van der Waals surface area contributed by atoms with Gasteiger partial charge in [0.25, 0.3) is 15.9 Å². The predicted molar refractivity (Wildman–Crippen MR) is 89.7 cm³/mol. The molecular weight excluding hydrogens is 370 g/mol. The maximum Gasteiger partial charge on any atom is 0.276 e. The lowest BCUT2D eigenvalue weighted by molar-refractivity contribution is 0.0949. The maximum atomic E-state index is 13.6. The Morgan fingerprint density at radius 3 is 2.80 bits per heavy atom. The van der Waals surface area contributed by atoms with Gasteiger partial charge in [-0.05, 0) is 55.0 Å². The molecule has 1 aliphatic carbocycles. The molecule has 0 aliphatic heterocycles. The van der Waals surface area contributed by atoms with Gasteiger partial charge in [-0.2, -0.15) is 0 Å². The zero-order chi connectivity index (χ0) is 18.2. The number of nitrogens with one attached hydrogen (secondary N) is 2. The van der Waals surface area contributed by atoms with Crippen molar-refractivity contribution in [3.8, 4) is 0 Å². The molecule has 25 heavy (non-hydrogen) atoms. The summed E-state index contributed by atoms with van der Waals surface area (Å²) in [5.41, 5.74) is 3.15. The van der Waals surface area contributed by atoms with E-state index in [4.69, 9.17) is 0 Å².